The van der Waals surface area contributed by atoms with E-state index in [0.29, 0.717) is 22.6 Å². The van der Waals surface area contributed by atoms with E-state index in [2.05, 4.69) is 20.4 Å². The van der Waals surface area contributed by atoms with Crippen LogP contribution in [0.1, 0.15) is 0 Å². The van der Waals surface area contributed by atoms with Crippen molar-refractivity contribution in [2.24, 2.45) is 7.05 Å². The molecule has 6 nitrogen and oxygen atoms in total. The van der Waals surface area contributed by atoms with E-state index >= 15 is 0 Å². The summed E-state index contributed by atoms with van der Waals surface area (Å²) in [5, 5.41) is 7.13. The first kappa shape index (κ1) is 10.7. The van der Waals surface area contributed by atoms with Gasteiger partial charge in [-0.2, -0.15) is 10.1 Å². The average Bonchev–Trinajstić information content (AvgIpc) is 2.67. The highest BCUT2D eigenvalue weighted by Crippen LogP contribution is 2.26. The minimum absolute atomic E-state index is 0.300. The minimum atomic E-state index is 0.300. The molecule has 2 heterocycles. The summed E-state index contributed by atoms with van der Waals surface area (Å²) in [5.74, 6) is 1.32. The summed E-state index contributed by atoms with van der Waals surface area (Å²) >= 11 is 5.90. The van der Waals surface area contributed by atoms with Gasteiger partial charge in [0.15, 0.2) is 5.75 Å². The van der Waals surface area contributed by atoms with Crippen molar-refractivity contribution in [1.29, 1.82) is 0 Å². The fourth-order valence-electron chi connectivity index (χ4n) is 1.11. The van der Waals surface area contributed by atoms with Gasteiger partial charge in [-0.1, -0.05) is 11.6 Å². The minimum Gasteiger partial charge on any atom is -0.434 e. The zero-order chi connectivity index (χ0) is 11.5. The third kappa shape index (κ3) is 2.22. The molecule has 0 radical (unpaired) electrons. The van der Waals surface area contributed by atoms with Crippen LogP contribution in [0.25, 0.3) is 0 Å². The summed E-state index contributed by atoms with van der Waals surface area (Å²) in [7, 11) is 3.52. The molecule has 0 bridgehead atoms. The molecule has 0 aliphatic carbocycles. The molecule has 0 aromatic carbocycles. The largest absolute Gasteiger partial charge is 0.434 e. The number of rotatable bonds is 3. The molecule has 0 spiro atoms. The Balaban J connectivity index is 2.26. The zero-order valence-corrected chi connectivity index (χ0v) is 9.56. The van der Waals surface area contributed by atoms with Crippen LogP contribution in [0.5, 0.6) is 11.6 Å². The lowest BCUT2D eigenvalue weighted by Crippen LogP contribution is -1.98. The SMILES string of the molecule is CNc1ncc(Cl)c(Oc2cnn(C)c2)n1. The molecule has 2 aromatic rings. The van der Waals surface area contributed by atoms with Crippen molar-refractivity contribution in [3.63, 3.8) is 0 Å². The second-order valence-corrected chi connectivity index (χ2v) is 3.46. The van der Waals surface area contributed by atoms with Gasteiger partial charge in [0, 0.05) is 14.1 Å². The monoisotopic (exact) mass is 239 g/mol. The number of hydrogen-bond donors (Lipinski definition) is 1. The van der Waals surface area contributed by atoms with Gasteiger partial charge >= 0.3 is 0 Å². The Morgan fingerprint density at radius 1 is 1.44 bits per heavy atom. The fraction of sp³-hybridized carbons (Fsp3) is 0.222. The molecule has 1 N–H and O–H groups in total. The molecule has 0 fully saturated rings. The highest BCUT2D eigenvalue weighted by Gasteiger charge is 2.08. The first-order chi connectivity index (χ1) is 7.69. The number of aromatic nitrogens is 4. The lowest BCUT2D eigenvalue weighted by Gasteiger charge is -2.05. The zero-order valence-electron chi connectivity index (χ0n) is 8.81. The lowest BCUT2D eigenvalue weighted by atomic mass is 10.6. The summed E-state index contributed by atoms with van der Waals surface area (Å²) in [5.41, 5.74) is 0. The maximum atomic E-state index is 5.90. The molecule has 0 atom stereocenters. The number of hydrogen-bond acceptors (Lipinski definition) is 5. The molecule has 0 saturated heterocycles. The van der Waals surface area contributed by atoms with Crippen LogP contribution >= 0.6 is 11.6 Å². The van der Waals surface area contributed by atoms with Crippen molar-refractivity contribution in [1.82, 2.24) is 19.7 Å². The maximum absolute atomic E-state index is 5.90. The number of aryl methyl sites for hydroxylation is 1. The molecule has 2 aromatic heterocycles. The smallest absolute Gasteiger partial charge is 0.243 e. The molecular formula is C9H10ClN5O. The van der Waals surface area contributed by atoms with E-state index < -0.39 is 0 Å². The summed E-state index contributed by atoms with van der Waals surface area (Å²) in [6.07, 6.45) is 4.78. The Hall–Kier alpha value is -1.82. The van der Waals surface area contributed by atoms with Crippen molar-refractivity contribution < 1.29 is 4.74 Å². The molecule has 0 amide bonds. The number of anilines is 1. The van der Waals surface area contributed by atoms with Crippen LogP contribution in [0.3, 0.4) is 0 Å². The predicted octanol–water partition coefficient (Wildman–Crippen LogP) is 1.70. The van der Waals surface area contributed by atoms with Gasteiger partial charge in [-0.3, -0.25) is 4.68 Å². The third-order valence-corrected chi connectivity index (χ3v) is 2.09. The number of halogens is 1. The highest BCUT2D eigenvalue weighted by molar-refractivity contribution is 6.31. The molecule has 0 saturated carbocycles. The van der Waals surface area contributed by atoms with Gasteiger partial charge in [0.25, 0.3) is 0 Å². The molecule has 0 unspecified atom stereocenters. The van der Waals surface area contributed by atoms with Crippen LogP contribution < -0.4 is 10.1 Å². The van der Waals surface area contributed by atoms with E-state index in [1.54, 1.807) is 31.2 Å². The first-order valence-electron chi connectivity index (χ1n) is 4.56. The van der Waals surface area contributed by atoms with E-state index in [0.717, 1.165) is 0 Å². The van der Waals surface area contributed by atoms with Gasteiger partial charge in [0.05, 0.1) is 18.6 Å². The van der Waals surface area contributed by atoms with Crippen LogP contribution in [0, 0.1) is 0 Å². The second kappa shape index (κ2) is 4.36. The second-order valence-electron chi connectivity index (χ2n) is 3.05. The van der Waals surface area contributed by atoms with E-state index in [4.69, 9.17) is 16.3 Å². The van der Waals surface area contributed by atoms with Gasteiger partial charge in [0.1, 0.15) is 5.02 Å². The van der Waals surface area contributed by atoms with E-state index in [-0.39, 0.29) is 0 Å². The standard InChI is InChI=1S/C9H10ClN5O/c1-11-9-12-4-7(10)8(14-9)16-6-3-13-15(2)5-6/h3-5H,1-2H3,(H,11,12,14). The topological polar surface area (TPSA) is 64.9 Å². The van der Waals surface area contributed by atoms with Crippen LogP contribution in [0.15, 0.2) is 18.6 Å². The molecule has 0 aliphatic heterocycles. The third-order valence-electron chi connectivity index (χ3n) is 1.83. The summed E-state index contributed by atoms with van der Waals surface area (Å²) in [4.78, 5) is 8.03. The Labute approximate surface area is 97.2 Å². The first-order valence-corrected chi connectivity index (χ1v) is 4.93. The van der Waals surface area contributed by atoms with Crippen LogP contribution in [0.2, 0.25) is 5.02 Å². The predicted molar refractivity (Wildman–Crippen MR) is 59.9 cm³/mol. The van der Waals surface area contributed by atoms with Crippen molar-refractivity contribution >= 4 is 17.5 Å². The van der Waals surface area contributed by atoms with Crippen molar-refractivity contribution in [3.8, 4) is 11.6 Å². The van der Waals surface area contributed by atoms with Gasteiger partial charge < -0.3 is 10.1 Å². The van der Waals surface area contributed by atoms with Gasteiger partial charge in [-0.25, -0.2) is 4.98 Å². The van der Waals surface area contributed by atoms with Crippen molar-refractivity contribution in [3.05, 3.63) is 23.6 Å². The Morgan fingerprint density at radius 3 is 2.88 bits per heavy atom. The van der Waals surface area contributed by atoms with Crippen LogP contribution in [-0.2, 0) is 7.05 Å². The summed E-state index contributed by atoms with van der Waals surface area (Å²) < 4.78 is 7.09. The van der Waals surface area contributed by atoms with Crippen molar-refractivity contribution in [2.45, 2.75) is 0 Å². The quantitative estimate of drug-likeness (QED) is 0.883. The molecule has 0 aliphatic rings. The molecule has 16 heavy (non-hydrogen) atoms. The van der Waals surface area contributed by atoms with E-state index in [1.165, 1.54) is 6.20 Å². The number of nitrogens with zero attached hydrogens (tertiary/aromatic N) is 4. The Morgan fingerprint density at radius 2 is 2.25 bits per heavy atom. The fourth-order valence-corrected chi connectivity index (χ4v) is 1.24. The maximum Gasteiger partial charge on any atom is 0.243 e. The lowest BCUT2D eigenvalue weighted by molar-refractivity contribution is 0.462. The number of nitrogens with one attached hydrogen (secondary N) is 1. The average molecular weight is 240 g/mol. The molecule has 7 heteroatoms. The Kier molecular flexibility index (Phi) is 2.91. The molecular weight excluding hydrogens is 230 g/mol. The summed E-state index contributed by atoms with van der Waals surface area (Å²) in [6.45, 7) is 0. The normalized spacial score (nSPS) is 10.2. The number of ether oxygens (including phenoxy) is 1. The van der Waals surface area contributed by atoms with Gasteiger partial charge in [-0.05, 0) is 0 Å². The summed E-state index contributed by atoms with van der Waals surface area (Å²) in [6, 6.07) is 0. The van der Waals surface area contributed by atoms with E-state index in [9.17, 15) is 0 Å². The van der Waals surface area contributed by atoms with Crippen LogP contribution in [0.4, 0.5) is 5.95 Å². The molecule has 2 rings (SSSR count). The van der Waals surface area contributed by atoms with Gasteiger partial charge in [-0.15, -0.1) is 0 Å². The Bertz CT molecular complexity index is 498. The van der Waals surface area contributed by atoms with Crippen molar-refractivity contribution in [2.75, 3.05) is 12.4 Å². The van der Waals surface area contributed by atoms with E-state index in [1.807, 2.05) is 0 Å². The van der Waals surface area contributed by atoms with Gasteiger partial charge in [0.2, 0.25) is 11.8 Å². The molecule has 84 valence electrons. The van der Waals surface area contributed by atoms with Crippen LogP contribution in [-0.4, -0.2) is 26.8 Å². The highest BCUT2D eigenvalue weighted by atomic mass is 35.5.